The van der Waals surface area contributed by atoms with Crippen LogP contribution in [0.1, 0.15) is 28.8 Å². The van der Waals surface area contributed by atoms with E-state index in [2.05, 4.69) is 0 Å². The van der Waals surface area contributed by atoms with Crippen LogP contribution in [0.25, 0.3) is 0 Å². The van der Waals surface area contributed by atoms with E-state index in [1.54, 1.807) is 0 Å². The lowest BCUT2D eigenvalue weighted by molar-refractivity contribution is 0.0972. The standard InChI is InChI=1S/C12H13F2NO3/c13-12(14)7-5-8(9(16)1-2-15)11-10(6-7)17-3-4-18-11/h5-6,12H,1-4,15H2. The Morgan fingerprint density at radius 1 is 1.33 bits per heavy atom. The van der Waals surface area contributed by atoms with Crippen molar-refractivity contribution in [2.75, 3.05) is 19.8 Å². The molecule has 0 amide bonds. The second kappa shape index (κ2) is 5.30. The largest absolute Gasteiger partial charge is 0.486 e. The predicted octanol–water partition coefficient (Wildman–Crippen LogP) is 1.93. The van der Waals surface area contributed by atoms with Gasteiger partial charge in [0.15, 0.2) is 17.3 Å². The van der Waals surface area contributed by atoms with Gasteiger partial charge in [-0.05, 0) is 18.7 Å². The molecule has 4 nitrogen and oxygen atoms in total. The molecule has 18 heavy (non-hydrogen) atoms. The number of ketones is 1. The van der Waals surface area contributed by atoms with Gasteiger partial charge in [0.25, 0.3) is 6.43 Å². The molecule has 0 unspecified atom stereocenters. The number of carbonyl (C=O) groups is 1. The third-order valence-corrected chi connectivity index (χ3v) is 2.59. The summed E-state index contributed by atoms with van der Waals surface area (Å²) in [5.74, 6) is 0.116. The summed E-state index contributed by atoms with van der Waals surface area (Å²) in [7, 11) is 0. The molecule has 0 saturated heterocycles. The molecular formula is C12H13F2NO3. The van der Waals surface area contributed by atoms with Gasteiger partial charge >= 0.3 is 0 Å². The van der Waals surface area contributed by atoms with E-state index in [9.17, 15) is 13.6 Å². The summed E-state index contributed by atoms with van der Waals surface area (Å²) in [4.78, 5) is 11.8. The first-order valence-corrected chi connectivity index (χ1v) is 5.58. The van der Waals surface area contributed by atoms with Crippen molar-refractivity contribution in [3.05, 3.63) is 23.3 Å². The Morgan fingerprint density at radius 2 is 2.06 bits per heavy atom. The summed E-state index contributed by atoms with van der Waals surface area (Å²) < 4.78 is 36.0. The first-order chi connectivity index (χ1) is 8.63. The summed E-state index contributed by atoms with van der Waals surface area (Å²) in [6, 6.07) is 2.36. The summed E-state index contributed by atoms with van der Waals surface area (Å²) in [5, 5.41) is 0. The quantitative estimate of drug-likeness (QED) is 0.837. The molecule has 6 heteroatoms. The zero-order chi connectivity index (χ0) is 13.1. The van der Waals surface area contributed by atoms with Gasteiger partial charge in [0.05, 0.1) is 5.56 Å². The molecule has 0 atom stereocenters. The molecule has 1 aliphatic rings. The normalized spacial score (nSPS) is 13.8. The summed E-state index contributed by atoms with van der Waals surface area (Å²) in [5.41, 5.74) is 5.17. The highest BCUT2D eigenvalue weighted by Gasteiger charge is 2.23. The molecule has 2 rings (SSSR count). The predicted molar refractivity (Wildman–Crippen MR) is 60.4 cm³/mol. The van der Waals surface area contributed by atoms with E-state index in [-0.39, 0.29) is 48.0 Å². The number of rotatable bonds is 4. The van der Waals surface area contributed by atoms with Crippen molar-refractivity contribution < 1.29 is 23.0 Å². The van der Waals surface area contributed by atoms with Crippen molar-refractivity contribution in [2.45, 2.75) is 12.8 Å². The molecule has 0 spiro atoms. The van der Waals surface area contributed by atoms with Gasteiger partial charge in [-0.15, -0.1) is 0 Å². The maximum absolute atomic E-state index is 12.7. The number of Topliss-reactive ketones (excluding diaryl/α,β-unsaturated/α-hetero) is 1. The van der Waals surface area contributed by atoms with E-state index in [1.807, 2.05) is 0 Å². The van der Waals surface area contributed by atoms with Crippen LogP contribution in [0.5, 0.6) is 11.5 Å². The van der Waals surface area contributed by atoms with Crippen molar-refractivity contribution >= 4 is 5.78 Å². The minimum atomic E-state index is -2.66. The van der Waals surface area contributed by atoms with Crippen molar-refractivity contribution in [1.29, 1.82) is 0 Å². The third-order valence-electron chi connectivity index (χ3n) is 2.59. The maximum Gasteiger partial charge on any atom is 0.264 e. The zero-order valence-corrected chi connectivity index (χ0v) is 9.62. The molecule has 0 fully saturated rings. The lowest BCUT2D eigenvalue weighted by Crippen LogP contribution is -2.19. The van der Waals surface area contributed by atoms with Gasteiger partial charge in [0.1, 0.15) is 13.2 Å². The Hall–Kier alpha value is -1.69. The fourth-order valence-electron chi connectivity index (χ4n) is 1.77. The molecule has 0 radical (unpaired) electrons. The number of hydrogen-bond donors (Lipinski definition) is 1. The number of ether oxygens (including phenoxy) is 2. The first kappa shape index (κ1) is 12.8. The third kappa shape index (κ3) is 2.43. The fraction of sp³-hybridized carbons (Fsp3) is 0.417. The molecule has 1 aromatic carbocycles. The minimum Gasteiger partial charge on any atom is -0.486 e. The van der Waals surface area contributed by atoms with E-state index in [1.165, 1.54) is 6.07 Å². The van der Waals surface area contributed by atoms with Gasteiger partial charge in [-0.1, -0.05) is 0 Å². The lowest BCUT2D eigenvalue weighted by atomic mass is 10.0. The lowest BCUT2D eigenvalue weighted by Gasteiger charge is -2.21. The number of benzene rings is 1. The molecule has 0 bridgehead atoms. The van der Waals surface area contributed by atoms with Crippen LogP contribution in [0.2, 0.25) is 0 Å². The number of nitrogens with two attached hydrogens (primary N) is 1. The molecule has 1 heterocycles. The van der Waals surface area contributed by atoms with Gasteiger partial charge in [0, 0.05) is 12.0 Å². The second-order valence-corrected chi connectivity index (χ2v) is 3.86. The molecule has 0 aromatic heterocycles. The Bertz CT molecular complexity index is 463. The number of carbonyl (C=O) groups excluding carboxylic acids is 1. The highest BCUT2D eigenvalue weighted by molar-refractivity contribution is 5.99. The first-order valence-electron chi connectivity index (χ1n) is 5.58. The van der Waals surface area contributed by atoms with Crippen LogP contribution in [-0.4, -0.2) is 25.5 Å². The molecule has 2 N–H and O–H groups in total. The Kier molecular flexibility index (Phi) is 3.76. The molecular weight excluding hydrogens is 244 g/mol. The molecule has 1 aliphatic heterocycles. The van der Waals surface area contributed by atoms with Gasteiger partial charge in [-0.3, -0.25) is 4.79 Å². The average molecular weight is 257 g/mol. The highest BCUT2D eigenvalue weighted by atomic mass is 19.3. The Labute approximate surface area is 103 Å². The smallest absolute Gasteiger partial charge is 0.264 e. The van der Waals surface area contributed by atoms with Crippen LogP contribution < -0.4 is 15.2 Å². The van der Waals surface area contributed by atoms with Gasteiger partial charge in [-0.2, -0.15) is 0 Å². The zero-order valence-electron chi connectivity index (χ0n) is 9.62. The molecule has 0 aliphatic carbocycles. The van der Waals surface area contributed by atoms with Crippen LogP contribution in [0.3, 0.4) is 0 Å². The van der Waals surface area contributed by atoms with E-state index in [4.69, 9.17) is 15.2 Å². The fourth-order valence-corrected chi connectivity index (χ4v) is 1.77. The second-order valence-electron chi connectivity index (χ2n) is 3.86. The summed E-state index contributed by atoms with van der Waals surface area (Å²) in [6.07, 6.45) is -2.58. The van der Waals surface area contributed by atoms with Crippen molar-refractivity contribution in [3.63, 3.8) is 0 Å². The number of alkyl halides is 2. The van der Waals surface area contributed by atoms with Crippen LogP contribution in [0, 0.1) is 0 Å². The van der Waals surface area contributed by atoms with Crippen LogP contribution in [0.4, 0.5) is 8.78 Å². The van der Waals surface area contributed by atoms with E-state index in [0.29, 0.717) is 6.61 Å². The van der Waals surface area contributed by atoms with E-state index < -0.39 is 6.43 Å². The van der Waals surface area contributed by atoms with Gasteiger partial charge in [-0.25, -0.2) is 8.78 Å². The van der Waals surface area contributed by atoms with E-state index in [0.717, 1.165) is 6.07 Å². The minimum absolute atomic E-state index is 0.0858. The summed E-state index contributed by atoms with van der Waals surface area (Å²) in [6.45, 7) is 0.738. The Morgan fingerprint density at radius 3 is 2.72 bits per heavy atom. The topological polar surface area (TPSA) is 61.6 Å². The van der Waals surface area contributed by atoms with Crippen molar-refractivity contribution in [3.8, 4) is 11.5 Å². The van der Waals surface area contributed by atoms with Gasteiger partial charge in [0.2, 0.25) is 0 Å². The van der Waals surface area contributed by atoms with Crippen LogP contribution >= 0.6 is 0 Å². The number of fused-ring (bicyclic) bond motifs is 1. The number of hydrogen-bond acceptors (Lipinski definition) is 4. The van der Waals surface area contributed by atoms with Crippen LogP contribution in [-0.2, 0) is 0 Å². The summed E-state index contributed by atoms with van der Waals surface area (Å²) >= 11 is 0. The maximum atomic E-state index is 12.7. The SMILES string of the molecule is NCCC(=O)c1cc(C(F)F)cc2c1OCCO2. The van der Waals surface area contributed by atoms with Crippen molar-refractivity contribution in [1.82, 2.24) is 0 Å². The van der Waals surface area contributed by atoms with E-state index >= 15 is 0 Å². The van der Waals surface area contributed by atoms with Crippen molar-refractivity contribution in [2.24, 2.45) is 5.73 Å². The molecule has 98 valence electrons. The Balaban J connectivity index is 2.47. The highest BCUT2D eigenvalue weighted by Crippen LogP contribution is 2.38. The average Bonchev–Trinajstić information content (AvgIpc) is 2.37. The molecule has 0 saturated carbocycles. The number of halogens is 2. The van der Waals surface area contributed by atoms with Gasteiger partial charge < -0.3 is 15.2 Å². The van der Waals surface area contributed by atoms with Crippen LogP contribution in [0.15, 0.2) is 12.1 Å². The monoisotopic (exact) mass is 257 g/mol. The molecule has 1 aromatic rings.